The van der Waals surface area contributed by atoms with Gasteiger partial charge < -0.3 is 10.2 Å². The van der Waals surface area contributed by atoms with E-state index in [1.54, 1.807) is 12.1 Å². The third-order valence-corrected chi connectivity index (χ3v) is 3.18. The van der Waals surface area contributed by atoms with Crippen LogP contribution in [0, 0.1) is 17.0 Å². The molecule has 0 spiro atoms. The Morgan fingerprint density at radius 3 is 2.44 bits per heavy atom. The molecular formula is C13H19N3O2. The Hall–Kier alpha value is -1.62. The molecule has 98 valence electrons. The highest BCUT2D eigenvalue weighted by Gasteiger charge is 2.22. The van der Waals surface area contributed by atoms with Gasteiger partial charge in [0.15, 0.2) is 0 Å². The third-order valence-electron chi connectivity index (χ3n) is 3.18. The monoisotopic (exact) mass is 249 g/mol. The Morgan fingerprint density at radius 2 is 1.89 bits per heavy atom. The van der Waals surface area contributed by atoms with Crippen LogP contribution in [0.2, 0.25) is 0 Å². The molecule has 1 aliphatic heterocycles. The first kappa shape index (κ1) is 12.8. The van der Waals surface area contributed by atoms with Crippen molar-refractivity contribution in [2.75, 3.05) is 18.0 Å². The molecule has 1 fully saturated rings. The quantitative estimate of drug-likeness (QED) is 0.644. The van der Waals surface area contributed by atoms with Gasteiger partial charge in [-0.05, 0) is 32.4 Å². The van der Waals surface area contributed by atoms with Crippen LogP contribution in [0.5, 0.6) is 0 Å². The number of hydrogen-bond acceptors (Lipinski definition) is 4. The van der Waals surface area contributed by atoms with Crippen LogP contribution < -0.4 is 10.2 Å². The molecular weight excluding hydrogens is 230 g/mol. The summed E-state index contributed by atoms with van der Waals surface area (Å²) in [5, 5.41) is 14.3. The molecule has 0 aliphatic carbocycles. The van der Waals surface area contributed by atoms with Crippen molar-refractivity contribution >= 4 is 11.4 Å². The van der Waals surface area contributed by atoms with Gasteiger partial charge in [-0.15, -0.1) is 0 Å². The standard InChI is InChI=1S/C13H19N3O2/c1-9-4-12(6-13(5-9)16(17)18)15-7-10(2)14-11(3)8-15/h4-6,10-11,14H,7-8H2,1-3H3. The molecule has 0 saturated carbocycles. The first-order chi connectivity index (χ1) is 8.45. The first-order valence-electron chi connectivity index (χ1n) is 6.23. The summed E-state index contributed by atoms with van der Waals surface area (Å²) in [4.78, 5) is 12.8. The second-order valence-electron chi connectivity index (χ2n) is 5.16. The van der Waals surface area contributed by atoms with E-state index in [1.165, 1.54) is 0 Å². The molecule has 1 aliphatic rings. The van der Waals surface area contributed by atoms with Crippen LogP contribution in [-0.4, -0.2) is 30.1 Å². The van der Waals surface area contributed by atoms with Gasteiger partial charge in [0.05, 0.1) is 4.92 Å². The summed E-state index contributed by atoms with van der Waals surface area (Å²) in [5.74, 6) is 0. The Bertz CT molecular complexity index is 452. The van der Waals surface area contributed by atoms with E-state index < -0.39 is 0 Å². The van der Waals surface area contributed by atoms with Crippen LogP contribution in [0.4, 0.5) is 11.4 Å². The molecule has 1 aromatic rings. The van der Waals surface area contributed by atoms with Gasteiger partial charge in [-0.25, -0.2) is 0 Å². The second kappa shape index (κ2) is 4.94. The third kappa shape index (κ3) is 2.79. The molecule has 0 amide bonds. The highest BCUT2D eigenvalue weighted by molar-refractivity contribution is 5.56. The van der Waals surface area contributed by atoms with Crippen LogP contribution in [0.1, 0.15) is 19.4 Å². The molecule has 0 radical (unpaired) electrons. The molecule has 0 aromatic heterocycles. The smallest absolute Gasteiger partial charge is 0.271 e. The van der Waals surface area contributed by atoms with Crippen molar-refractivity contribution in [3.63, 3.8) is 0 Å². The van der Waals surface area contributed by atoms with E-state index in [4.69, 9.17) is 0 Å². The lowest BCUT2D eigenvalue weighted by Gasteiger charge is -2.37. The number of nitrogens with zero attached hydrogens (tertiary/aromatic N) is 2. The highest BCUT2D eigenvalue weighted by Crippen LogP contribution is 2.25. The maximum absolute atomic E-state index is 10.9. The Balaban J connectivity index is 2.29. The van der Waals surface area contributed by atoms with Crippen LogP contribution in [0.25, 0.3) is 0 Å². The van der Waals surface area contributed by atoms with Gasteiger partial charge in [0, 0.05) is 43.0 Å². The largest absolute Gasteiger partial charge is 0.368 e. The number of nitro groups is 1. The van der Waals surface area contributed by atoms with Crippen molar-refractivity contribution < 1.29 is 4.92 Å². The zero-order valence-electron chi connectivity index (χ0n) is 11.0. The number of rotatable bonds is 2. The van der Waals surface area contributed by atoms with Crippen LogP contribution >= 0.6 is 0 Å². The molecule has 1 N–H and O–H groups in total. The summed E-state index contributed by atoms with van der Waals surface area (Å²) in [5.41, 5.74) is 2.05. The molecule has 5 nitrogen and oxygen atoms in total. The number of aryl methyl sites for hydroxylation is 1. The van der Waals surface area contributed by atoms with E-state index in [-0.39, 0.29) is 10.6 Å². The molecule has 1 aromatic carbocycles. The van der Waals surface area contributed by atoms with Gasteiger partial charge in [0.1, 0.15) is 0 Å². The van der Waals surface area contributed by atoms with E-state index in [0.29, 0.717) is 12.1 Å². The lowest BCUT2D eigenvalue weighted by molar-refractivity contribution is -0.384. The van der Waals surface area contributed by atoms with Crippen molar-refractivity contribution in [1.82, 2.24) is 5.32 Å². The summed E-state index contributed by atoms with van der Waals surface area (Å²) >= 11 is 0. The zero-order valence-corrected chi connectivity index (χ0v) is 11.0. The zero-order chi connectivity index (χ0) is 13.3. The number of piperazine rings is 1. The average molecular weight is 249 g/mol. The Labute approximate surface area is 107 Å². The minimum absolute atomic E-state index is 0.170. The van der Waals surface area contributed by atoms with Crippen molar-refractivity contribution in [1.29, 1.82) is 0 Å². The van der Waals surface area contributed by atoms with Gasteiger partial charge in [0.25, 0.3) is 5.69 Å². The average Bonchev–Trinajstić information content (AvgIpc) is 2.26. The predicted octanol–water partition coefficient (Wildman–Crippen LogP) is 2.09. The topological polar surface area (TPSA) is 58.4 Å². The summed E-state index contributed by atoms with van der Waals surface area (Å²) < 4.78 is 0. The number of benzene rings is 1. The molecule has 2 atom stereocenters. The molecule has 0 bridgehead atoms. The minimum Gasteiger partial charge on any atom is -0.368 e. The van der Waals surface area contributed by atoms with Crippen molar-refractivity contribution in [3.05, 3.63) is 33.9 Å². The molecule has 2 unspecified atom stereocenters. The number of hydrogen-bond donors (Lipinski definition) is 1. The second-order valence-corrected chi connectivity index (χ2v) is 5.16. The number of nitrogens with one attached hydrogen (secondary N) is 1. The minimum atomic E-state index is -0.328. The fourth-order valence-corrected chi connectivity index (χ4v) is 2.57. The first-order valence-corrected chi connectivity index (χ1v) is 6.23. The maximum Gasteiger partial charge on any atom is 0.271 e. The van der Waals surface area contributed by atoms with E-state index in [0.717, 1.165) is 24.3 Å². The van der Waals surface area contributed by atoms with Gasteiger partial charge in [0.2, 0.25) is 0 Å². The van der Waals surface area contributed by atoms with Crippen LogP contribution in [0.15, 0.2) is 18.2 Å². The Morgan fingerprint density at radius 1 is 1.28 bits per heavy atom. The van der Waals surface area contributed by atoms with Gasteiger partial charge in [-0.1, -0.05) is 0 Å². The van der Waals surface area contributed by atoms with E-state index in [9.17, 15) is 10.1 Å². The van der Waals surface area contributed by atoms with Gasteiger partial charge in [-0.2, -0.15) is 0 Å². The van der Waals surface area contributed by atoms with Crippen LogP contribution in [-0.2, 0) is 0 Å². The van der Waals surface area contributed by atoms with Gasteiger partial charge >= 0.3 is 0 Å². The van der Waals surface area contributed by atoms with Crippen molar-refractivity contribution in [2.45, 2.75) is 32.9 Å². The highest BCUT2D eigenvalue weighted by atomic mass is 16.6. The lowest BCUT2D eigenvalue weighted by Crippen LogP contribution is -2.54. The Kier molecular flexibility index (Phi) is 3.52. The predicted molar refractivity (Wildman–Crippen MR) is 72.1 cm³/mol. The van der Waals surface area contributed by atoms with Gasteiger partial charge in [-0.3, -0.25) is 10.1 Å². The summed E-state index contributed by atoms with van der Waals surface area (Å²) in [6.45, 7) is 7.92. The molecule has 2 rings (SSSR count). The van der Waals surface area contributed by atoms with E-state index in [1.807, 2.05) is 13.0 Å². The van der Waals surface area contributed by atoms with E-state index in [2.05, 4.69) is 24.1 Å². The van der Waals surface area contributed by atoms with Crippen LogP contribution in [0.3, 0.4) is 0 Å². The molecule has 18 heavy (non-hydrogen) atoms. The normalized spacial score (nSPS) is 24.1. The molecule has 5 heteroatoms. The fourth-order valence-electron chi connectivity index (χ4n) is 2.57. The summed E-state index contributed by atoms with van der Waals surface area (Å²) in [6, 6.07) is 6.08. The maximum atomic E-state index is 10.9. The lowest BCUT2D eigenvalue weighted by atomic mass is 10.1. The molecule has 1 saturated heterocycles. The fraction of sp³-hybridized carbons (Fsp3) is 0.538. The van der Waals surface area contributed by atoms with Crippen molar-refractivity contribution in [3.8, 4) is 0 Å². The SMILES string of the molecule is Cc1cc(N2CC(C)NC(C)C2)cc([N+](=O)[O-])c1. The summed E-state index contributed by atoms with van der Waals surface area (Å²) in [7, 11) is 0. The van der Waals surface area contributed by atoms with Crippen molar-refractivity contribution in [2.24, 2.45) is 0 Å². The number of anilines is 1. The van der Waals surface area contributed by atoms with E-state index >= 15 is 0 Å². The molecule has 1 heterocycles. The number of nitro benzene ring substituents is 1. The summed E-state index contributed by atoms with van der Waals surface area (Å²) in [6.07, 6.45) is 0. The number of non-ortho nitro benzene ring substituents is 1.